The van der Waals surface area contributed by atoms with Gasteiger partial charge in [0.05, 0.1) is 25.1 Å². The predicted octanol–water partition coefficient (Wildman–Crippen LogP) is 3.49. The van der Waals surface area contributed by atoms with Crippen molar-refractivity contribution in [3.63, 3.8) is 0 Å². The Morgan fingerprint density at radius 2 is 2.08 bits per heavy atom. The van der Waals surface area contributed by atoms with E-state index in [1.54, 1.807) is 0 Å². The van der Waals surface area contributed by atoms with Crippen molar-refractivity contribution in [2.24, 2.45) is 0 Å². The number of fused-ring (bicyclic) bond motifs is 1. The van der Waals surface area contributed by atoms with Gasteiger partial charge in [-0.05, 0) is 37.6 Å². The van der Waals surface area contributed by atoms with Gasteiger partial charge >= 0.3 is 0 Å². The SMILES string of the molecule is CCCCC=Cc1cnc2ccc(NCCCN3CCOCC3)nn12.Cl. The summed E-state index contributed by atoms with van der Waals surface area (Å²) in [6, 6.07) is 4.02. The second-order valence-electron chi connectivity index (χ2n) is 6.45. The molecule has 0 radical (unpaired) electrons. The molecule has 0 amide bonds. The van der Waals surface area contributed by atoms with Crippen LogP contribution in [0.2, 0.25) is 0 Å². The first-order valence-corrected chi connectivity index (χ1v) is 9.42. The molecular weight excluding hydrogens is 350 g/mol. The van der Waals surface area contributed by atoms with Crippen LogP contribution in [0.25, 0.3) is 11.7 Å². The van der Waals surface area contributed by atoms with E-state index in [-0.39, 0.29) is 12.4 Å². The van der Waals surface area contributed by atoms with E-state index in [1.807, 2.05) is 22.8 Å². The molecule has 0 spiro atoms. The molecule has 6 nitrogen and oxygen atoms in total. The lowest BCUT2D eigenvalue weighted by atomic mass is 10.2. The molecule has 1 saturated heterocycles. The third kappa shape index (κ3) is 5.97. The van der Waals surface area contributed by atoms with Gasteiger partial charge in [-0.15, -0.1) is 17.5 Å². The maximum Gasteiger partial charge on any atom is 0.154 e. The van der Waals surface area contributed by atoms with Gasteiger partial charge < -0.3 is 10.1 Å². The fraction of sp³-hybridized carbons (Fsp3) is 0.579. The average molecular weight is 380 g/mol. The maximum absolute atomic E-state index is 5.38. The number of morpholine rings is 1. The fourth-order valence-electron chi connectivity index (χ4n) is 2.97. The van der Waals surface area contributed by atoms with Gasteiger partial charge in [0.1, 0.15) is 5.82 Å². The number of imidazole rings is 1. The number of ether oxygens (including phenoxy) is 1. The molecule has 0 atom stereocenters. The lowest BCUT2D eigenvalue weighted by Gasteiger charge is -2.26. The van der Waals surface area contributed by atoms with Crippen LogP contribution >= 0.6 is 12.4 Å². The van der Waals surface area contributed by atoms with Gasteiger partial charge in [-0.2, -0.15) is 0 Å². The van der Waals surface area contributed by atoms with E-state index in [9.17, 15) is 0 Å². The molecular formula is C19H30ClN5O. The lowest BCUT2D eigenvalue weighted by Crippen LogP contribution is -2.37. The molecule has 1 fully saturated rings. The van der Waals surface area contributed by atoms with Gasteiger partial charge in [0.15, 0.2) is 5.65 Å². The number of unbranched alkanes of at least 4 members (excludes halogenated alkanes) is 2. The van der Waals surface area contributed by atoms with Gasteiger partial charge in [0.25, 0.3) is 0 Å². The van der Waals surface area contributed by atoms with E-state index in [1.165, 1.54) is 12.8 Å². The predicted molar refractivity (Wildman–Crippen MR) is 109 cm³/mol. The van der Waals surface area contributed by atoms with Crippen molar-refractivity contribution < 1.29 is 4.74 Å². The van der Waals surface area contributed by atoms with Crippen LogP contribution in [0.3, 0.4) is 0 Å². The average Bonchev–Trinajstić information content (AvgIpc) is 3.06. The normalized spacial score (nSPS) is 15.4. The fourth-order valence-corrected chi connectivity index (χ4v) is 2.97. The molecule has 0 bridgehead atoms. The van der Waals surface area contributed by atoms with Crippen molar-refractivity contribution in [1.29, 1.82) is 0 Å². The van der Waals surface area contributed by atoms with E-state index in [0.29, 0.717) is 0 Å². The quantitative estimate of drug-likeness (QED) is 0.676. The molecule has 0 unspecified atom stereocenters. The molecule has 1 aliphatic rings. The molecule has 7 heteroatoms. The van der Waals surface area contributed by atoms with Gasteiger partial charge in [-0.25, -0.2) is 9.50 Å². The first-order valence-electron chi connectivity index (χ1n) is 9.42. The number of hydrogen-bond donors (Lipinski definition) is 1. The Balaban J connectivity index is 0.00000243. The zero-order chi connectivity index (χ0) is 17.3. The van der Waals surface area contributed by atoms with Crippen molar-refractivity contribution in [3.8, 4) is 0 Å². The molecule has 2 aromatic heterocycles. The molecule has 2 aromatic rings. The highest BCUT2D eigenvalue weighted by Gasteiger charge is 2.09. The summed E-state index contributed by atoms with van der Waals surface area (Å²) in [4.78, 5) is 6.87. The van der Waals surface area contributed by atoms with Crippen LogP contribution in [0, 0.1) is 0 Å². The minimum Gasteiger partial charge on any atom is -0.379 e. The largest absolute Gasteiger partial charge is 0.379 e. The van der Waals surface area contributed by atoms with Crippen molar-refractivity contribution in [2.75, 3.05) is 44.7 Å². The number of anilines is 1. The smallest absolute Gasteiger partial charge is 0.154 e. The van der Waals surface area contributed by atoms with Crippen molar-refractivity contribution in [1.82, 2.24) is 19.5 Å². The summed E-state index contributed by atoms with van der Waals surface area (Å²) < 4.78 is 7.29. The van der Waals surface area contributed by atoms with Crippen molar-refractivity contribution in [3.05, 3.63) is 30.1 Å². The molecule has 0 aliphatic carbocycles. The lowest BCUT2D eigenvalue weighted by molar-refractivity contribution is 0.0378. The second-order valence-corrected chi connectivity index (χ2v) is 6.45. The van der Waals surface area contributed by atoms with Crippen LogP contribution in [0.15, 0.2) is 24.4 Å². The highest BCUT2D eigenvalue weighted by Crippen LogP contribution is 2.11. The Hall–Kier alpha value is -1.63. The summed E-state index contributed by atoms with van der Waals surface area (Å²) in [5, 5.41) is 8.10. The molecule has 1 aliphatic heterocycles. The van der Waals surface area contributed by atoms with Gasteiger partial charge in [-0.1, -0.05) is 25.8 Å². The van der Waals surface area contributed by atoms with Crippen LogP contribution in [0.1, 0.15) is 38.3 Å². The molecule has 26 heavy (non-hydrogen) atoms. The Kier molecular flexibility index (Phi) is 8.88. The Labute approximate surface area is 162 Å². The summed E-state index contributed by atoms with van der Waals surface area (Å²) in [5.74, 6) is 0.899. The Morgan fingerprint density at radius 1 is 1.23 bits per heavy atom. The number of halogens is 1. The number of allylic oxidation sites excluding steroid dienone is 1. The van der Waals surface area contributed by atoms with E-state index in [0.717, 1.165) is 69.4 Å². The van der Waals surface area contributed by atoms with Crippen LogP contribution in [0.5, 0.6) is 0 Å². The Bertz CT molecular complexity index is 682. The zero-order valence-electron chi connectivity index (χ0n) is 15.6. The molecule has 0 aromatic carbocycles. The third-order valence-corrected chi connectivity index (χ3v) is 4.46. The number of rotatable bonds is 9. The molecule has 0 saturated carbocycles. The van der Waals surface area contributed by atoms with Crippen molar-refractivity contribution >= 4 is 29.9 Å². The zero-order valence-corrected chi connectivity index (χ0v) is 16.4. The summed E-state index contributed by atoms with van der Waals surface area (Å²) in [5.41, 5.74) is 1.91. The summed E-state index contributed by atoms with van der Waals surface area (Å²) in [7, 11) is 0. The monoisotopic (exact) mass is 379 g/mol. The van der Waals surface area contributed by atoms with E-state index < -0.39 is 0 Å². The highest BCUT2D eigenvalue weighted by molar-refractivity contribution is 5.85. The van der Waals surface area contributed by atoms with E-state index >= 15 is 0 Å². The summed E-state index contributed by atoms with van der Waals surface area (Å²) in [6.07, 6.45) is 10.8. The van der Waals surface area contributed by atoms with Gasteiger partial charge in [0, 0.05) is 19.6 Å². The van der Waals surface area contributed by atoms with Crippen LogP contribution in [-0.4, -0.2) is 58.9 Å². The minimum absolute atomic E-state index is 0. The number of nitrogens with one attached hydrogen (secondary N) is 1. The molecule has 144 valence electrons. The molecule has 3 heterocycles. The van der Waals surface area contributed by atoms with Gasteiger partial charge in [0.2, 0.25) is 0 Å². The maximum atomic E-state index is 5.38. The molecule has 1 N–H and O–H groups in total. The van der Waals surface area contributed by atoms with E-state index in [2.05, 4.69) is 39.4 Å². The number of aromatic nitrogens is 3. The van der Waals surface area contributed by atoms with Crippen LogP contribution in [-0.2, 0) is 4.74 Å². The van der Waals surface area contributed by atoms with E-state index in [4.69, 9.17) is 4.74 Å². The van der Waals surface area contributed by atoms with Gasteiger partial charge in [-0.3, -0.25) is 4.90 Å². The molecule has 3 rings (SSSR count). The first kappa shape index (κ1) is 20.7. The highest BCUT2D eigenvalue weighted by atomic mass is 35.5. The number of nitrogens with zero attached hydrogens (tertiary/aromatic N) is 4. The first-order chi connectivity index (χ1) is 12.4. The minimum atomic E-state index is 0. The topological polar surface area (TPSA) is 54.7 Å². The summed E-state index contributed by atoms with van der Waals surface area (Å²) >= 11 is 0. The Morgan fingerprint density at radius 3 is 2.88 bits per heavy atom. The number of hydrogen-bond acceptors (Lipinski definition) is 5. The third-order valence-electron chi connectivity index (χ3n) is 4.46. The van der Waals surface area contributed by atoms with Crippen LogP contribution < -0.4 is 5.32 Å². The van der Waals surface area contributed by atoms with Crippen LogP contribution in [0.4, 0.5) is 5.82 Å². The summed E-state index contributed by atoms with van der Waals surface area (Å²) in [6.45, 7) is 8.06. The second kappa shape index (κ2) is 11.2. The van der Waals surface area contributed by atoms with Crippen molar-refractivity contribution in [2.45, 2.75) is 32.6 Å². The standard InChI is InChI=1S/C19H29N5O.ClH/c1-2-3-4-5-7-17-16-21-19-9-8-18(22-24(17)19)20-10-6-11-23-12-14-25-15-13-23;/h5,7-9,16H,2-4,6,10-15H2,1H3,(H,20,22);1H.